The fraction of sp³-hybridized carbons (Fsp3) is 0.133. The summed E-state index contributed by atoms with van der Waals surface area (Å²) in [6.45, 7) is 2.02. The normalized spacial score (nSPS) is 10.2. The minimum absolute atomic E-state index is 0.0636. The van der Waals surface area contributed by atoms with Gasteiger partial charge in [0.25, 0.3) is 0 Å². The van der Waals surface area contributed by atoms with Crippen LogP contribution < -0.4 is 5.73 Å². The molecule has 2 N–H and O–H groups in total. The Morgan fingerprint density at radius 3 is 2.59 bits per heavy atom. The van der Waals surface area contributed by atoms with E-state index in [1.807, 2.05) is 43.3 Å². The Hall–Kier alpha value is -2.09. The molecule has 0 atom stereocenters. The summed E-state index contributed by atoms with van der Waals surface area (Å²) in [5.74, 6) is 0.0636. The lowest BCUT2D eigenvalue weighted by molar-refractivity contribution is 0.0994. The van der Waals surface area contributed by atoms with Crippen LogP contribution in [-0.2, 0) is 6.42 Å². The van der Waals surface area contributed by atoms with Crippen LogP contribution in [0.15, 0.2) is 48.5 Å². The van der Waals surface area contributed by atoms with Crippen molar-refractivity contribution in [2.75, 3.05) is 5.73 Å². The molecule has 2 aromatic carbocycles. The zero-order valence-corrected chi connectivity index (χ0v) is 9.81. The van der Waals surface area contributed by atoms with Crippen molar-refractivity contribution in [2.45, 2.75) is 13.3 Å². The van der Waals surface area contributed by atoms with E-state index in [9.17, 15) is 4.79 Å². The number of ketones is 1. The van der Waals surface area contributed by atoms with Crippen molar-refractivity contribution >= 4 is 11.5 Å². The lowest BCUT2D eigenvalue weighted by Gasteiger charge is -2.05. The average molecular weight is 225 g/mol. The highest BCUT2D eigenvalue weighted by Gasteiger charge is 2.09. The van der Waals surface area contributed by atoms with Gasteiger partial charge in [-0.15, -0.1) is 0 Å². The summed E-state index contributed by atoms with van der Waals surface area (Å²) in [6.07, 6.45) is 0.399. The molecule has 0 saturated heterocycles. The summed E-state index contributed by atoms with van der Waals surface area (Å²) in [4.78, 5) is 12.1. The largest absolute Gasteiger partial charge is 0.398 e. The van der Waals surface area contributed by atoms with E-state index in [0.717, 1.165) is 11.1 Å². The van der Waals surface area contributed by atoms with E-state index in [2.05, 4.69) is 0 Å². The lowest BCUT2D eigenvalue weighted by atomic mass is 10.0. The van der Waals surface area contributed by atoms with Crippen molar-refractivity contribution in [2.24, 2.45) is 0 Å². The van der Waals surface area contributed by atoms with Gasteiger partial charge in [0, 0.05) is 17.7 Å². The molecule has 0 amide bonds. The summed E-state index contributed by atoms with van der Waals surface area (Å²) >= 11 is 0. The first kappa shape index (κ1) is 11.4. The Bertz CT molecular complexity index is 546. The number of hydrogen-bond acceptors (Lipinski definition) is 2. The quantitative estimate of drug-likeness (QED) is 0.644. The van der Waals surface area contributed by atoms with Crippen LogP contribution >= 0.6 is 0 Å². The van der Waals surface area contributed by atoms with E-state index in [4.69, 9.17) is 5.73 Å². The van der Waals surface area contributed by atoms with Crippen molar-refractivity contribution in [3.63, 3.8) is 0 Å². The van der Waals surface area contributed by atoms with E-state index < -0.39 is 0 Å². The molecule has 0 saturated carbocycles. The molecule has 0 radical (unpaired) electrons. The van der Waals surface area contributed by atoms with Gasteiger partial charge in [-0.25, -0.2) is 0 Å². The molecule has 0 unspecified atom stereocenters. The number of para-hydroxylation sites is 1. The Morgan fingerprint density at radius 2 is 1.88 bits per heavy atom. The molecular formula is C15H15NO. The van der Waals surface area contributed by atoms with E-state index in [1.54, 1.807) is 12.1 Å². The fourth-order valence-electron chi connectivity index (χ4n) is 1.85. The molecule has 0 spiro atoms. The standard InChI is InChI=1S/C15H15NO/c1-11-5-4-6-12(9-11)10-15(17)13-7-2-3-8-14(13)16/h2-9H,10,16H2,1H3. The van der Waals surface area contributed by atoms with Gasteiger partial charge in [-0.05, 0) is 24.6 Å². The number of nitrogen functional groups attached to an aromatic ring is 1. The third-order valence-electron chi connectivity index (χ3n) is 2.71. The van der Waals surface area contributed by atoms with Crippen molar-refractivity contribution < 1.29 is 4.79 Å². The van der Waals surface area contributed by atoms with Gasteiger partial charge in [-0.1, -0.05) is 42.0 Å². The molecule has 0 aliphatic carbocycles. The summed E-state index contributed by atoms with van der Waals surface area (Å²) < 4.78 is 0. The number of rotatable bonds is 3. The first-order valence-corrected chi connectivity index (χ1v) is 5.60. The highest BCUT2D eigenvalue weighted by atomic mass is 16.1. The Kier molecular flexibility index (Phi) is 3.24. The maximum atomic E-state index is 12.1. The van der Waals surface area contributed by atoms with Crippen LogP contribution in [0.2, 0.25) is 0 Å². The molecule has 0 bridgehead atoms. The molecule has 2 rings (SSSR count). The van der Waals surface area contributed by atoms with Crippen molar-refractivity contribution in [3.8, 4) is 0 Å². The van der Waals surface area contributed by atoms with E-state index in [-0.39, 0.29) is 5.78 Å². The molecule has 0 aliphatic heterocycles. The lowest BCUT2D eigenvalue weighted by Crippen LogP contribution is -2.06. The predicted molar refractivity (Wildman–Crippen MR) is 70.1 cm³/mol. The number of benzene rings is 2. The molecule has 0 fully saturated rings. The number of Topliss-reactive ketones (excluding diaryl/α,β-unsaturated/α-hetero) is 1. The van der Waals surface area contributed by atoms with Gasteiger partial charge < -0.3 is 5.73 Å². The van der Waals surface area contributed by atoms with Gasteiger partial charge in [0.1, 0.15) is 0 Å². The highest BCUT2D eigenvalue weighted by molar-refractivity contribution is 6.01. The van der Waals surface area contributed by atoms with Crippen LogP contribution in [0, 0.1) is 6.92 Å². The van der Waals surface area contributed by atoms with E-state index >= 15 is 0 Å². The van der Waals surface area contributed by atoms with Crippen LogP contribution in [-0.4, -0.2) is 5.78 Å². The molecule has 17 heavy (non-hydrogen) atoms. The first-order valence-electron chi connectivity index (χ1n) is 5.60. The van der Waals surface area contributed by atoms with Crippen molar-refractivity contribution in [1.29, 1.82) is 0 Å². The predicted octanol–water partition coefficient (Wildman–Crippen LogP) is 3.00. The minimum atomic E-state index is 0.0636. The zero-order chi connectivity index (χ0) is 12.3. The Balaban J connectivity index is 2.20. The number of hydrogen-bond donors (Lipinski definition) is 1. The zero-order valence-electron chi connectivity index (χ0n) is 9.81. The molecule has 86 valence electrons. The summed E-state index contributed by atoms with van der Waals surface area (Å²) in [6, 6.07) is 15.2. The topological polar surface area (TPSA) is 43.1 Å². The summed E-state index contributed by atoms with van der Waals surface area (Å²) in [5.41, 5.74) is 9.13. The molecule has 2 nitrogen and oxygen atoms in total. The number of anilines is 1. The smallest absolute Gasteiger partial charge is 0.169 e. The van der Waals surface area contributed by atoms with Gasteiger partial charge in [0.15, 0.2) is 5.78 Å². The van der Waals surface area contributed by atoms with Crippen molar-refractivity contribution in [3.05, 3.63) is 65.2 Å². The molecular weight excluding hydrogens is 210 g/mol. The maximum absolute atomic E-state index is 12.1. The SMILES string of the molecule is Cc1cccc(CC(=O)c2ccccc2N)c1. The molecule has 2 heteroatoms. The second-order valence-corrected chi connectivity index (χ2v) is 4.18. The van der Waals surface area contributed by atoms with Crippen LogP contribution in [0.3, 0.4) is 0 Å². The molecule has 0 aromatic heterocycles. The third-order valence-corrected chi connectivity index (χ3v) is 2.71. The van der Waals surface area contributed by atoms with Gasteiger partial charge in [-0.2, -0.15) is 0 Å². The average Bonchev–Trinajstić information content (AvgIpc) is 2.29. The fourth-order valence-corrected chi connectivity index (χ4v) is 1.85. The number of aryl methyl sites for hydroxylation is 1. The number of carbonyl (C=O) groups excluding carboxylic acids is 1. The van der Waals surface area contributed by atoms with Gasteiger partial charge >= 0.3 is 0 Å². The van der Waals surface area contributed by atoms with Crippen LogP contribution in [0.5, 0.6) is 0 Å². The summed E-state index contributed by atoms with van der Waals surface area (Å²) in [5, 5.41) is 0. The van der Waals surface area contributed by atoms with Crippen LogP contribution in [0.25, 0.3) is 0 Å². The maximum Gasteiger partial charge on any atom is 0.169 e. The second-order valence-electron chi connectivity index (χ2n) is 4.18. The van der Waals surface area contributed by atoms with Crippen molar-refractivity contribution in [1.82, 2.24) is 0 Å². The van der Waals surface area contributed by atoms with Gasteiger partial charge in [0.05, 0.1) is 0 Å². The minimum Gasteiger partial charge on any atom is -0.398 e. The number of nitrogens with two attached hydrogens (primary N) is 1. The second kappa shape index (κ2) is 4.83. The van der Waals surface area contributed by atoms with E-state index in [0.29, 0.717) is 17.7 Å². The summed E-state index contributed by atoms with van der Waals surface area (Å²) in [7, 11) is 0. The van der Waals surface area contributed by atoms with Crippen LogP contribution in [0.4, 0.5) is 5.69 Å². The first-order chi connectivity index (χ1) is 8.16. The molecule has 0 heterocycles. The highest BCUT2D eigenvalue weighted by Crippen LogP contribution is 2.14. The van der Waals surface area contributed by atoms with Gasteiger partial charge in [-0.3, -0.25) is 4.79 Å². The molecule has 2 aromatic rings. The van der Waals surface area contributed by atoms with E-state index in [1.165, 1.54) is 0 Å². The Labute approximate surface area is 101 Å². The van der Waals surface area contributed by atoms with Gasteiger partial charge in [0.2, 0.25) is 0 Å². The molecule has 0 aliphatic rings. The third kappa shape index (κ3) is 2.72. The van der Waals surface area contributed by atoms with Crippen LogP contribution in [0.1, 0.15) is 21.5 Å². The monoisotopic (exact) mass is 225 g/mol. The Morgan fingerprint density at radius 1 is 1.12 bits per heavy atom. The number of carbonyl (C=O) groups is 1.